The summed E-state index contributed by atoms with van der Waals surface area (Å²) in [5, 5.41) is 0. The summed E-state index contributed by atoms with van der Waals surface area (Å²) in [5.74, 6) is -0.0561. The van der Waals surface area contributed by atoms with Gasteiger partial charge < -0.3 is 15.4 Å². The van der Waals surface area contributed by atoms with Crippen molar-refractivity contribution >= 4 is 23.2 Å². The van der Waals surface area contributed by atoms with Crippen molar-refractivity contribution < 1.29 is 9.53 Å². The van der Waals surface area contributed by atoms with Gasteiger partial charge in [-0.25, -0.2) is 0 Å². The SMILES string of the molecule is COC(=O)Cc1ccccc1CN(C)CC(C)C(N)=S. The van der Waals surface area contributed by atoms with Crippen LogP contribution in [-0.2, 0) is 22.5 Å². The van der Waals surface area contributed by atoms with Crippen molar-refractivity contribution in [3.05, 3.63) is 35.4 Å². The number of nitrogens with two attached hydrogens (primary N) is 1. The van der Waals surface area contributed by atoms with E-state index in [0.717, 1.165) is 24.2 Å². The summed E-state index contributed by atoms with van der Waals surface area (Å²) in [6.45, 7) is 3.56. The van der Waals surface area contributed by atoms with Gasteiger partial charge in [-0.1, -0.05) is 43.4 Å². The largest absolute Gasteiger partial charge is 0.469 e. The summed E-state index contributed by atoms with van der Waals surface area (Å²) in [5.41, 5.74) is 7.75. The Morgan fingerprint density at radius 3 is 2.55 bits per heavy atom. The van der Waals surface area contributed by atoms with Gasteiger partial charge in [0.05, 0.1) is 18.5 Å². The lowest BCUT2D eigenvalue weighted by atomic mass is 10.0. The van der Waals surface area contributed by atoms with Gasteiger partial charge in [0.15, 0.2) is 0 Å². The van der Waals surface area contributed by atoms with Gasteiger partial charge in [0, 0.05) is 19.0 Å². The molecular formula is C15H22N2O2S. The number of carbonyl (C=O) groups is 1. The zero-order valence-electron chi connectivity index (χ0n) is 12.3. The Morgan fingerprint density at radius 1 is 1.40 bits per heavy atom. The first-order valence-corrected chi connectivity index (χ1v) is 6.96. The van der Waals surface area contributed by atoms with Crippen LogP contribution < -0.4 is 5.73 Å². The van der Waals surface area contributed by atoms with Crippen LogP contribution in [0.2, 0.25) is 0 Å². The first-order chi connectivity index (χ1) is 9.43. The Bertz CT molecular complexity index is 477. The minimum Gasteiger partial charge on any atom is -0.469 e. The highest BCUT2D eigenvalue weighted by atomic mass is 32.1. The number of benzene rings is 1. The van der Waals surface area contributed by atoms with Crippen molar-refractivity contribution in [2.24, 2.45) is 11.7 Å². The highest BCUT2D eigenvalue weighted by Gasteiger charge is 2.12. The number of hydrogen-bond donors (Lipinski definition) is 1. The molecule has 1 aromatic carbocycles. The van der Waals surface area contributed by atoms with Crippen LogP contribution >= 0.6 is 12.2 Å². The van der Waals surface area contributed by atoms with Crippen molar-refractivity contribution in [1.82, 2.24) is 4.90 Å². The number of hydrogen-bond acceptors (Lipinski definition) is 4. The number of thiocarbonyl (C=S) groups is 1. The zero-order valence-corrected chi connectivity index (χ0v) is 13.1. The molecule has 1 aromatic rings. The van der Waals surface area contributed by atoms with Gasteiger partial charge in [0.1, 0.15) is 0 Å². The fraction of sp³-hybridized carbons (Fsp3) is 0.467. The smallest absolute Gasteiger partial charge is 0.309 e. The molecule has 0 aliphatic rings. The van der Waals surface area contributed by atoms with Crippen molar-refractivity contribution in [2.45, 2.75) is 19.9 Å². The Hall–Kier alpha value is -1.46. The zero-order chi connectivity index (χ0) is 15.1. The van der Waals surface area contributed by atoms with E-state index in [9.17, 15) is 4.79 Å². The Labute approximate surface area is 125 Å². The second-order valence-electron chi connectivity index (χ2n) is 5.02. The molecule has 110 valence electrons. The molecule has 0 aliphatic carbocycles. The molecule has 0 bridgehead atoms. The average Bonchev–Trinajstić information content (AvgIpc) is 2.40. The van der Waals surface area contributed by atoms with E-state index in [1.165, 1.54) is 7.11 Å². The predicted molar refractivity (Wildman–Crippen MR) is 84.4 cm³/mol. The molecule has 0 spiro atoms. The fourth-order valence-corrected chi connectivity index (χ4v) is 2.10. The molecule has 0 aliphatic heterocycles. The predicted octanol–water partition coefficient (Wildman–Crippen LogP) is 1.76. The molecule has 1 unspecified atom stereocenters. The quantitative estimate of drug-likeness (QED) is 0.613. The summed E-state index contributed by atoms with van der Waals surface area (Å²) >= 11 is 4.99. The van der Waals surface area contributed by atoms with Gasteiger partial charge in [0.25, 0.3) is 0 Å². The molecule has 2 N–H and O–H groups in total. The number of methoxy groups -OCH3 is 1. The summed E-state index contributed by atoms with van der Waals surface area (Å²) < 4.78 is 4.72. The second-order valence-corrected chi connectivity index (χ2v) is 5.49. The van der Waals surface area contributed by atoms with E-state index in [0.29, 0.717) is 11.4 Å². The standard InChI is InChI=1S/C15H22N2O2S/c1-11(15(16)20)9-17(2)10-13-7-5-4-6-12(13)8-14(18)19-3/h4-7,11H,8-10H2,1-3H3,(H2,16,20). The van der Waals surface area contributed by atoms with Gasteiger partial charge in [-0.05, 0) is 18.2 Å². The Kier molecular flexibility index (Phi) is 6.61. The van der Waals surface area contributed by atoms with E-state index in [1.54, 1.807) is 0 Å². The third kappa shape index (κ3) is 5.27. The lowest BCUT2D eigenvalue weighted by Gasteiger charge is -2.22. The van der Waals surface area contributed by atoms with Gasteiger partial charge in [-0.2, -0.15) is 0 Å². The Morgan fingerprint density at radius 2 is 2.00 bits per heavy atom. The normalized spacial score (nSPS) is 12.2. The van der Waals surface area contributed by atoms with E-state index < -0.39 is 0 Å². The lowest BCUT2D eigenvalue weighted by Crippen LogP contribution is -2.31. The Balaban J connectivity index is 2.71. The molecule has 0 radical (unpaired) electrons. The van der Waals surface area contributed by atoms with Crippen molar-refractivity contribution in [1.29, 1.82) is 0 Å². The average molecular weight is 294 g/mol. The van der Waals surface area contributed by atoms with Gasteiger partial charge in [-0.15, -0.1) is 0 Å². The van der Waals surface area contributed by atoms with E-state index in [2.05, 4.69) is 4.90 Å². The van der Waals surface area contributed by atoms with E-state index in [-0.39, 0.29) is 11.9 Å². The monoisotopic (exact) mass is 294 g/mol. The third-order valence-corrected chi connectivity index (χ3v) is 3.59. The maximum absolute atomic E-state index is 11.4. The molecule has 20 heavy (non-hydrogen) atoms. The van der Waals surface area contributed by atoms with Crippen molar-refractivity contribution in [3.8, 4) is 0 Å². The van der Waals surface area contributed by atoms with Gasteiger partial charge in [0.2, 0.25) is 0 Å². The number of rotatable bonds is 7. The van der Waals surface area contributed by atoms with Crippen LogP contribution in [0.15, 0.2) is 24.3 Å². The number of nitrogens with zero attached hydrogens (tertiary/aromatic N) is 1. The molecule has 0 fully saturated rings. The van der Waals surface area contributed by atoms with E-state index in [1.807, 2.05) is 38.2 Å². The molecule has 1 atom stereocenters. The second kappa shape index (κ2) is 7.97. The van der Waals surface area contributed by atoms with Gasteiger partial charge in [-0.3, -0.25) is 4.79 Å². The molecule has 0 saturated heterocycles. The van der Waals surface area contributed by atoms with Crippen LogP contribution in [0.25, 0.3) is 0 Å². The van der Waals surface area contributed by atoms with Crippen LogP contribution in [0.1, 0.15) is 18.1 Å². The minimum atomic E-state index is -0.225. The molecule has 0 saturated carbocycles. The van der Waals surface area contributed by atoms with E-state index in [4.69, 9.17) is 22.7 Å². The maximum Gasteiger partial charge on any atom is 0.309 e. The first-order valence-electron chi connectivity index (χ1n) is 6.55. The third-order valence-electron chi connectivity index (χ3n) is 3.19. The summed E-state index contributed by atoms with van der Waals surface area (Å²) in [7, 11) is 3.42. The van der Waals surface area contributed by atoms with Crippen molar-refractivity contribution in [2.75, 3.05) is 20.7 Å². The van der Waals surface area contributed by atoms with Crippen LogP contribution in [0, 0.1) is 5.92 Å². The van der Waals surface area contributed by atoms with Crippen molar-refractivity contribution in [3.63, 3.8) is 0 Å². The molecule has 0 heterocycles. The molecular weight excluding hydrogens is 272 g/mol. The molecule has 0 amide bonds. The molecule has 0 aromatic heterocycles. The number of carbonyl (C=O) groups excluding carboxylic acids is 1. The molecule has 1 rings (SSSR count). The number of esters is 1. The minimum absolute atomic E-state index is 0.169. The fourth-order valence-electron chi connectivity index (χ4n) is 2.02. The summed E-state index contributed by atoms with van der Waals surface area (Å²) in [6.07, 6.45) is 0.297. The molecule has 4 nitrogen and oxygen atoms in total. The van der Waals surface area contributed by atoms with Gasteiger partial charge >= 0.3 is 5.97 Å². The van der Waals surface area contributed by atoms with Crippen LogP contribution in [0.3, 0.4) is 0 Å². The van der Waals surface area contributed by atoms with E-state index >= 15 is 0 Å². The maximum atomic E-state index is 11.4. The van der Waals surface area contributed by atoms with Crippen LogP contribution in [-0.4, -0.2) is 36.6 Å². The van der Waals surface area contributed by atoms with Crippen LogP contribution in [0.5, 0.6) is 0 Å². The highest BCUT2D eigenvalue weighted by molar-refractivity contribution is 7.80. The van der Waals surface area contributed by atoms with Crippen LogP contribution in [0.4, 0.5) is 0 Å². The summed E-state index contributed by atoms with van der Waals surface area (Å²) in [4.78, 5) is 14.1. The number of ether oxygens (including phenoxy) is 1. The topological polar surface area (TPSA) is 55.6 Å². The molecule has 5 heteroatoms. The first kappa shape index (κ1) is 16.6. The highest BCUT2D eigenvalue weighted by Crippen LogP contribution is 2.13. The lowest BCUT2D eigenvalue weighted by molar-refractivity contribution is -0.139. The summed E-state index contributed by atoms with van der Waals surface area (Å²) in [6, 6.07) is 7.89.